The molecule has 1 aromatic heterocycles. The third kappa shape index (κ3) is 3.73. The number of carbonyl (C=O) groups is 1. The summed E-state index contributed by atoms with van der Waals surface area (Å²) in [5.74, 6) is -2.55. The van der Waals surface area contributed by atoms with Gasteiger partial charge in [-0.05, 0) is 12.8 Å². The van der Waals surface area contributed by atoms with Gasteiger partial charge < -0.3 is 15.3 Å². The van der Waals surface area contributed by atoms with Crippen molar-refractivity contribution in [1.29, 1.82) is 0 Å². The maximum atomic E-state index is 12.8. The SMILES string of the molecule is NC1=N[C@@H](CCCc2nc(C(=O)O)co2)C(C(F)(F)F)C1. The first kappa shape index (κ1) is 15.3. The number of carboxylic acids is 1. The predicted molar refractivity (Wildman–Crippen MR) is 66.0 cm³/mol. The Bertz CT molecular complexity index is 553. The van der Waals surface area contributed by atoms with Crippen molar-refractivity contribution in [2.45, 2.75) is 37.9 Å². The summed E-state index contributed by atoms with van der Waals surface area (Å²) in [6.45, 7) is 0. The molecule has 1 aliphatic rings. The van der Waals surface area contributed by atoms with Gasteiger partial charge in [0.2, 0.25) is 0 Å². The van der Waals surface area contributed by atoms with E-state index in [0.29, 0.717) is 6.42 Å². The van der Waals surface area contributed by atoms with E-state index >= 15 is 0 Å². The Labute approximate surface area is 117 Å². The molecule has 1 aliphatic heterocycles. The summed E-state index contributed by atoms with van der Waals surface area (Å²) in [6.07, 6.45) is -2.79. The molecule has 3 N–H and O–H groups in total. The molecule has 2 rings (SSSR count). The summed E-state index contributed by atoms with van der Waals surface area (Å²) in [4.78, 5) is 18.1. The molecule has 1 unspecified atom stereocenters. The number of alkyl halides is 3. The van der Waals surface area contributed by atoms with Gasteiger partial charge >= 0.3 is 12.1 Å². The lowest BCUT2D eigenvalue weighted by atomic mass is 9.94. The number of oxazole rings is 1. The molecule has 9 heteroatoms. The largest absolute Gasteiger partial charge is 0.476 e. The van der Waals surface area contributed by atoms with Gasteiger partial charge in [-0.3, -0.25) is 4.99 Å². The monoisotopic (exact) mass is 305 g/mol. The van der Waals surface area contributed by atoms with Crippen molar-refractivity contribution in [1.82, 2.24) is 4.98 Å². The third-order valence-electron chi connectivity index (χ3n) is 3.31. The highest BCUT2D eigenvalue weighted by Crippen LogP contribution is 2.37. The summed E-state index contributed by atoms with van der Waals surface area (Å²) in [7, 11) is 0. The van der Waals surface area contributed by atoms with Crippen LogP contribution in [0.25, 0.3) is 0 Å². The highest BCUT2D eigenvalue weighted by molar-refractivity contribution is 5.84. The Balaban J connectivity index is 1.88. The van der Waals surface area contributed by atoms with Gasteiger partial charge in [-0.2, -0.15) is 13.2 Å². The minimum Gasteiger partial charge on any atom is -0.476 e. The van der Waals surface area contributed by atoms with Gasteiger partial charge in [0.15, 0.2) is 11.6 Å². The number of nitrogens with zero attached hydrogens (tertiary/aromatic N) is 2. The molecule has 6 nitrogen and oxygen atoms in total. The van der Waals surface area contributed by atoms with E-state index in [1.54, 1.807) is 0 Å². The molecule has 0 fully saturated rings. The number of amidine groups is 1. The molecule has 0 saturated carbocycles. The van der Waals surface area contributed by atoms with Crippen LogP contribution in [0.1, 0.15) is 35.6 Å². The zero-order valence-corrected chi connectivity index (χ0v) is 10.9. The number of aliphatic imine (C=N–C) groups is 1. The van der Waals surface area contributed by atoms with Crippen molar-refractivity contribution >= 4 is 11.8 Å². The average molecular weight is 305 g/mol. The van der Waals surface area contributed by atoms with Crippen LogP contribution in [0.5, 0.6) is 0 Å². The fourth-order valence-electron chi connectivity index (χ4n) is 2.30. The van der Waals surface area contributed by atoms with Crippen LogP contribution in [0.3, 0.4) is 0 Å². The van der Waals surface area contributed by atoms with Crippen molar-refractivity contribution < 1.29 is 27.5 Å². The second-order valence-corrected chi connectivity index (χ2v) is 4.86. The number of carboxylic acid groups (broad SMARTS) is 1. The second kappa shape index (κ2) is 5.74. The molecular weight excluding hydrogens is 291 g/mol. The highest BCUT2D eigenvalue weighted by atomic mass is 19.4. The van der Waals surface area contributed by atoms with E-state index in [2.05, 4.69) is 9.98 Å². The number of nitrogens with two attached hydrogens (primary N) is 1. The van der Waals surface area contributed by atoms with Crippen LogP contribution in [-0.2, 0) is 6.42 Å². The summed E-state index contributed by atoms with van der Waals surface area (Å²) in [5, 5.41) is 8.67. The number of aryl methyl sites for hydroxylation is 1. The van der Waals surface area contributed by atoms with Crippen molar-refractivity contribution in [2.75, 3.05) is 0 Å². The minimum absolute atomic E-state index is 0.0200. The molecular formula is C12H14F3N3O3. The smallest absolute Gasteiger partial charge is 0.394 e. The topological polar surface area (TPSA) is 102 Å². The Hall–Kier alpha value is -2.06. The molecule has 0 radical (unpaired) electrons. The molecule has 0 saturated heterocycles. The lowest BCUT2D eigenvalue weighted by molar-refractivity contribution is -0.176. The molecule has 21 heavy (non-hydrogen) atoms. The number of aromatic nitrogens is 1. The number of hydrogen-bond acceptors (Lipinski definition) is 5. The minimum atomic E-state index is -4.32. The first-order chi connectivity index (χ1) is 9.77. The molecule has 0 spiro atoms. The zero-order valence-electron chi connectivity index (χ0n) is 10.9. The van der Waals surface area contributed by atoms with Gasteiger partial charge in [0.05, 0.1) is 17.8 Å². The van der Waals surface area contributed by atoms with Crippen molar-refractivity contribution in [3.8, 4) is 0 Å². The standard InChI is InChI=1S/C12H14F3N3O3/c13-12(14,15)6-4-9(16)17-7(6)2-1-3-10-18-8(5-21-10)11(19)20/h5-7H,1-4H2,(H2,16,17)(H,19,20)/t6?,7-/m0/s1. The highest BCUT2D eigenvalue weighted by Gasteiger charge is 2.47. The van der Waals surface area contributed by atoms with E-state index in [9.17, 15) is 18.0 Å². The van der Waals surface area contributed by atoms with E-state index in [1.165, 1.54) is 0 Å². The second-order valence-electron chi connectivity index (χ2n) is 4.86. The number of hydrogen-bond donors (Lipinski definition) is 2. The van der Waals surface area contributed by atoms with Crippen molar-refractivity contribution in [3.63, 3.8) is 0 Å². The Morgan fingerprint density at radius 3 is 2.81 bits per heavy atom. The van der Waals surface area contributed by atoms with Crippen LogP contribution in [0.15, 0.2) is 15.7 Å². The van der Waals surface area contributed by atoms with Crippen LogP contribution in [0, 0.1) is 5.92 Å². The lowest BCUT2D eigenvalue weighted by Gasteiger charge is -2.20. The summed E-state index contributed by atoms with van der Waals surface area (Å²) in [5.41, 5.74) is 5.16. The van der Waals surface area contributed by atoms with E-state index < -0.39 is 24.1 Å². The third-order valence-corrected chi connectivity index (χ3v) is 3.31. The van der Waals surface area contributed by atoms with E-state index in [0.717, 1.165) is 6.26 Å². The first-order valence-corrected chi connectivity index (χ1v) is 6.34. The zero-order chi connectivity index (χ0) is 15.6. The fourth-order valence-corrected chi connectivity index (χ4v) is 2.30. The molecule has 0 amide bonds. The molecule has 2 heterocycles. The van der Waals surface area contributed by atoms with Gasteiger partial charge in [-0.25, -0.2) is 9.78 Å². The Morgan fingerprint density at radius 2 is 2.24 bits per heavy atom. The van der Waals surface area contributed by atoms with E-state index in [1.807, 2.05) is 0 Å². The van der Waals surface area contributed by atoms with Gasteiger partial charge in [0.25, 0.3) is 0 Å². The molecule has 2 atom stereocenters. The summed E-state index contributed by atoms with van der Waals surface area (Å²) < 4.78 is 43.3. The quantitative estimate of drug-likeness (QED) is 0.866. The number of rotatable bonds is 5. The van der Waals surface area contributed by atoms with Crippen molar-refractivity contribution in [3.05, 3.63) is 17.8 Å². The molecule has 0 bridgehead atoms. The van der Waals surface area contributed by atoms with Gasteiger partial charge in [-0.15, -0.1) is 0 Å². The van der Waals surface area contributed by atoms with Gasteiger partial charge in [0, 0.05) is 12.8 Å². The normalized spacial score (nSPS) is 22.3. The molecule has 116 valence electrons. The van der Waals surface area contributed by atoms with E-state index in [4.69, 9.17) is 15.3 Å². The van der Waals surface area contributed by atoms with Crippen LogP contribution < -0.4 is 5.73 Å². The maximum Gasteiger partial charge on any atom is 0.394 e. The number of halogens is 3. The van der Waals surface area contributed by atoms with Crippen LogP contribution in [0.2, 0.25) is 0 Å². The Kier molecular flexibility index (Phi) is 4.19. The average Bonchev–Trinajstić information content (AvgIpc) is 2.95. The molecule has 1 aromatic rings. The number of aromatic carboxylic acids is 1. The Morgan fingerprint density at radius 1 is 1.52 bits per heavy atom. The lowest BCUT2D eigenvalue weighted by Crippen LogP contribution is -2.30. The summed E-state index contributed by atoms with van der Waals surface area (Å²) >= 11 is 0. The molecule has 0 aromatic carbocycles. The fraction of sp³-hybridized carbons (Fsp3) is 0.583. The van der Waals surface area contributed by atoms with Gasteiger partial charge in [-0.1, -0.05) is 0 Å². The predicted octanol–water partition coefficient (Wildman–Crippen LogP) is 2.00. The van der Waals surface area contributed by atoms with E-state index in [-0.39, 0.29) is 36.7 Å². The van der Waals surface area contributed by atoms with Crippen LogP contribution in [-0.4, -0.2) is 34.1 Å². The van der Waals surface area contributed by atoms with Crippen LogP contribution >= 0.6 is 0 Å². The van der Waals surface area contributed by atoms with Crippen molar-refractivity contribution in [2.24, 2.45) is 16.6 Å². The maximum absolute atomic E-state index is 12.8. The summed E-state index contributed by atoms with van der Waals surface area (Å²) in [6, 6.07) is -0.890. The van der Waals surface area contributed by atoms with Gasteiger partial charge in [0.1, 0.15) is 6.26 Å². The van der Waals surface area contributed by atoms with Crippen LogP contribution in [0.4, 0.5) is 13.2 Å². The molecule has 0 aliphatic carbocycles. The first-order valence-electron chi connectivity index (χ1n) is 6.34.